The van der Waals surface area contributed by atoms with Crippen LogP contribution in [0.2, 0.25) is 0 Å². The molecule has 1 aliphatic rings. The highest BCUT2D eigenvalue weighted by molar-refractivity contribution is 6.06. The van der Waals surface area contributed by atoms with Crippen LogP contribution >= 0.6 is 0 Å². The van der Waals surface area contributed by atoms with Gasteiger partial charge in [-0.1, -0.05) is 30.3 Å². The van der Waals surface area contributed by atoms with Crippen LogP contribution in [0.3, 0.4) is 0 Å². The van der Waals surface area contributed by atoms with Crippen LogP contribution in [0.1, 0.15) is 55.7 Å². The number of carbonyl (C=O) groups is 3. The summed E-state index contributed by atoms with van der Waals surface area (Å²) in [5, 5.41) is 20.0. The minimum Gasteiger partial charge on any atom is -0.490 e. The van der Waals surface area contributed by atoms with E-state index in [0.717, 1.165) is 0 Å². The molecular formula is C27H26N6O7. The number of aliphatic hydroxyl groups excluding tert-OH is 1. The molecule has 0 spiro atoms. The Kier molecular flexibility index (Phi) is 7.40. The second kappa shape index (κ2) is 11.1. The summed E-state index contributed by atoms with van der Waals surface area (Å²) >= 11 is 0. The molecule has 13 heteroatoms. The van der Waals surface area contributed by atoms with Crippen LogP contribution in [0, 0.1) is 0 Å². The molecule has 40 heavy (non-hydrogen) atoms. The van der Waals surface area contributed by atoms with Crippen LogP contribution in [-0.4, -0.2) is 66.2 Å². The van der Waals surface area contributed by atoms with Crippen molar-refractivity contribution in [2.45, 2.75) is 37.7 Å². The zero-order valence-electron chi connectivity index (χ0n) is 21.1. The number of ether oxygens (including phenoxy) is 2. The van der Waals surface area contributed by atoms with E-state index in [2.05, 4.69) is 15.0 Å². The van der Waals surface area contributed by atoms with Gasteiger partial charge in [0.05, 0.1) is 23.6 Å². The average Bonchev–Trinajstić information content (AvgIpc) is 3.53. The lowest BCUT2D eigenvalue weighted by molar-refractivity contribution is -0.0458. The van der Waals surface area contributed by atoms with E-state index < -0.39 is 30.3 Å². The number of aliphatic hydroxyl groups is 1. The maximum atomic E-state index is 12.8. The molecule has 0 bridgehead atoms. The summed E-state index contributed by atoms with van der Waals surface area (Å²) in [4.78, 5) is 49.0. The number of benzene rings is 2. The standard InChI is InChI=1S/C27H26N6O7/c28-23-22-25(31-12-30-23)33(13-32-22)26-19(35)10-15(40-26)11-39-20-7-3-4-14(21(20)24(29)36)8-9-18(34)16-5-1-2-6-17(16)27(37)38/h1-7,12-13,15,19,26,35H,8-11H2,(H2,29,36)(H,37,38)(H2,28,30,31)/t15-,19+,26+/m0/s1. The van der Waals surface area contributed by atoms with Crippen LogP contribution in [0.5, 0.6) is 5.75 Å². The van der Waals surface area contributed by atoms with Crippen molar-refractivity contribution in [2.75, 3.05) is 12.3 Å². The SMILES string of the molecule is NC(=O)c1c(CCC(=O)c2ccccc2C(=O)O)cccc1OC[C@@H]1C[C@@H](O)[C@H](n2cnc3c(N)ncnc32)O1. The second-order valence-electron chi connectivity index (χ2n) is 9.27. The van der Waals surface area contributed by atoms with Gasteiger partial charge < -0.3 is 31.2 Å². The maximum absolute atomic E-state index is 12.8. The first-order chi connectivity index (χ1) is 19.2. The highest BCUT2D eigenvalue weighted by Crippen LogP contribution is 2.32. The highest BCUT2D eigenvalue weighted by atomic mass is 16.6. The van der Waals surface area contributed by atoms with E-state index in [9.17, 15) is 24.6 Å². The van der Waals surface area contributed by atoms with Gasteiger partial charge in [-0.15, -0.1) is 0 Å². The quantitative estimate of drug-likeness (QED) is 0.211. The molecule has 1 amide bonds. The first-order valence-electron chi connectivity index (χ1n) is 12.4. The summed E-state index contributed by atoms with van der Waals surface area (Å²) in [5.41, 5.74) is 12.9. The Morgan fingerprint density at radius 3 is 2.60 bits per heavy atom. The van der Waals surface area contributed by atoms with Crippen molar-refractivity contribution in [3.05, 3.63) is 77.4 Å². The van der Waals surface area contributed by atoms with Gasteiger partial charge in [0.15, 0.2) is 23.5 Å². The van der Waals surface area contributed by atoms with E-state index >= 15 is 0 Å². The van der Waals surface area contributed by atoms with Gasteiger partial charge in [0, 0.05) is 18.4 Å². The summed E-state index contributed by atoms with van der Waals surface area (Å²) in [6, 6.07) is 10.9. The maximum Gasteiger partial charge on any atom is 0.336 e. The lowest BCUT2D eigenvalue weighted by atomic mass is 9.96. The number of amides is 1. The number of carbonyl (C=O) groups excluding carboxylic acids is 2. The molecule has 0 aliphatic carbocycles. The fourth-order valence-electron chi connectivity index (χ4n) is 4.81. The summed E-state index contributed by atoms with van der Waals surface area (Å²) in [7, 11) is 0. The summed E-state index contributed by atoms with van der Waals surface area (Å²) < 4.78 is 13.5. The van der Waals surface area contributed by atoms with Crippen LogP contribution < -0.4 is 16.2 Å². The predicted octanol–water partition coefficient (Wildman–Crippen LogP) is 1.75. The van der Waals surface area contributed by atoms with E-state index in [0.29, 0.717) is 16.7 Å². The van der Waals surface area contributed by atoms with Gasteiger partial charge in [0.2, 0.25) is 0 Å². The number of carboxylic acid groups (broad SMARTS) is 1. The molecule has 0 unspecified atom stereocenters. The number of hydrogen-bond acceptors (Lipinski definition) is 10. The first kappa shape index (κ1) is 26.7. The average molecular weight is 547 g/mol. The molecule has 2 aromatic carbocycles. The fraction of sp³-hybridized carbons (Fsp3) is 0.259. The number of nitrogens with two attached hydrogens (primary N) is 2. The molecule has 0 radical (unpaired) electrons. The number of hydrogen-bond donors (Lipinski definition) is 4. The summed E-state index contributed by atoms with van der Waals surface area (Å²) in [5.74, 6) is -1.90. The molecule has 5 rings (SSSR count). The number of ketones is 1. The summed E-state index contributed by atoms with van der Waals surface area (Å²) in [6.45, 7) is 0.00592. The van der Waals surface area contributed by atoms with E-state index in [1.165, 1.54) is 24.8 Å². The summed E-state index contributed by atoms with van der Waals surface area (Å²) in [6.07, 6.45) is 0.913. The molecule has 1 fully saturated rings. The first-order valence-corrected chi connectivity index (χ1v) is 12.4. The Bertz CT molecular complexity index is 1600. The second-order valence-corrected chi connectivity index (χ2v) is 9.27. The van der Waals surface area contributed by atoms with Crippen molar-refractivity contribution in [3.63, 3.8) is 0 Å². The lowest BCUT2D eigenvalue weighted by Crippen LogP contribution is -2.21. The zero-order valence-corrected chi connectivity index (χ0v) is 21.1. The molecule has 206 valence electrons. The van der Waals surface area contributed by atoms with E-state index in [-0.39, 0.29) is 59.9 Å². The number of imidazole rings is 1. The largest absolute Gasteiger partial charge is 0.490 e. The minimum absolute atomic E-state index is 0.00592. The van der Waals surface area contributed by atoms with Gasteiger partial charge in [0.25, 0.3) is 5.91 Å². The third-order valence-corrected chi connectivity index (χ3v) is 6.69. The molecule has 4 aromatic rings. The number of primary amides is 1. The van der Waals surface area contributed by atoms with Crippen LogP contribution in [0.4, 0.5) is 5.82 Å². The predicted molar refractivity (Wildman–Crippen MR) is 141 cm³/mol. The molecular weight excluding hydrogens is 520 g/mol. The number of fused-ring (bicyclic) bond motifs is 1. The molecule has 1 saturated heterocycles. The Balaban J connectivity index is 1.28. The van der Waals surface area contributed by atoms with Gasteiger partial charge in [-0.05, 0) is 24.1 Å². The van der Waals surface area contributed by atoms with E-state index in [1.807, 2.05) is 0 Å². The van der Waals surface area contributed by atoms with Crippen molar-refractivity contribution in [2.24, 2.45) is 5.73 Å². The smallest absolute Gasteiger partial charge is 0.336 e. The van der Waals surface area contributed by atoms with Crippen molar-refractivity contribution < 1.29 is 34.1 Å². The monoisotopic (exact) mass is 546 g/mol. The number of aryl methyl sites for hydroxylation is 1. The van der Waals surface area contributed by atoms with Crippen molar-refractivity contribution in [3.8, 4) is 5.75 Å². The van der Waals surface area contributed by atoms with Crippen LogP contribution in [0.15, 0.2) is 55.1 Å². The minimum atomic E-state index is -1.20. The number of nitrogens with zero attached hydrogens (tertiary/aromatic N) is 4. The topological polar surface area (TPSA) is 206 Å². The van der Waals surface area contributed by atoms with Crippen LogP contribution in [-0.2, 0) is 11.2 Å². The zero-order chi connectivity index (χ0) is 28.4. The number of aromatic nitrogens is 4. The highest BCUT2D eigenvalue weighted by Gasteiger charge is 2.37. The number of carboxylic acids is 1. The molecule has 3 heterocycles. The third-order valence-electron chi connectivity index (χ3n) is 6.69. The molecule has 13 nitrogen and oxygen atoms in total. The number of Topliss-reactive ketones (excluding diaryl/α,β-unsaturated/α-hetero) is 1. The Morgan fingerprint density at radius 1 is 1.07 bits per heavy atom. The van der Waals surface area contributed by atoms with Gasteiger partial charge in [0.1, 0.15) is 30.3 Å². The van der Waals surface area contributed by atoms with Gasteiger partial charge in [-0.2, -0.15) is 0 Å². The number of nitrogen functional groups attached to an aromatic ring is 1. The van der Waals surface area contributed by atoms with Crippen molar-refractivity contribution in [1.29, 1.82) is 0 Å². The molecule has 3 atom stereocenters. The van der Waals surface area contributed by atoms with E-state index in [1.54, 1.807) is 34.9 Å². The van der Waals surface area contributed by atoms with E-state index in [4.69, 9.17) is 20.9 Å². The van der Waals surface area contributed by atoms with Gasteiger partial charge in [-0.3, -0.25) is 14.2 Å². The van der Waals surface area contributed by atoms with Gasteiger partial charge in [-0.25, -0.2) is 19.7 Å². The molecule has 6 N–H and O–H groups in total. The van der Waals surface area contributed by atoms with Crippen molar-refractivity contribution >= 4 is 34.6 Å². The molecule has 2 aromatic heterocycles. The number of aromatic carboxylic acids is 1. The Morgan fingerprint density at radius 2 is 1.85 bits per heavy atom. The number of anilines is 1. The Hall–Kier alpha value is -4.88. The number of rotatable bonds is 10. The van der Waals surface area contributed by atoms with Crippen molar-refractivity contribution in [1.82, 2.24) is 19.5 Å². The molecule has 1 aliphatic heterocycles. The third kappa shape index (κ3) is 5.19. The Labute approximate surface area is 227 Å². The normalized spacial score (nSPS) is 18.6. The lowest BCUT2D eigenvalue weighted by Gasteiger charge is -2.18. The van der Waals surface area contributed by atoms with Crippen LogP contribution in [0.25, 0.3) is 11.2 Å². The molecule has 0 saturated carbocycles. The fourth-order valence-corrected chi connectivity index (χ4v) is 4.81. The van der Waals surface area contributed by atoms with Gasteiger partial charge >= 0.3 is 5.97 Å².